The highest BCUT2D eigenvalue weighted by Gasteiger charge is 2.11. The van der Waals surface area contributed by atoms with Crippen LogP contribution in [0.1, 0.15) is 5.69 Å². The summed E-state index contributed by atoms with van der Waals surface area (Å²) in [6.07, 6.45) is 0. The molecule has 4 heteroatoms. The average Bonchev–Trinajstić information content (AvgIpc) is 2.85. The van der Waals surface area contributed by atoms with Gasteiger partial charge in [-0.05, 0) is 18.2 Å². The number of fused-ring (bicyclic) bond motifs is 1. The lowest BCUT2D eigenvalue weighted by Gasteiger charge is -2.07. The van der Waals surface area contributed by atoms with Crippen molar-refractivity contribution in [3.63, 3.8) is 0 Å². The first-order chi connectivity index (χ1) is 9.33. The van der Waals surface area contributed by atoms with Crippen LogP contribution in [0.25, 0.3) is 16.7 Å². The molecule has 0 aliphatic heterocycles. The summed E-state index contributed by atoms with van der Waals surface area (Å²) in [7, 11) is 1.57. The van der Waals surface area contributed by atoms with Crippen LogP contribution in [0.5, 0.6) is 5.88 Å². The molecule has 0 spiro atoms. The maximum atomic E-state index is 9.28. The van der Waals surface area contributed by atoms with Crippen molar-refractivity contribution >= 4 is 10.9 Å². The van der Waals surface area contributed by atoms with Gasteiger partial charge in [0.2, 0.25) is 5.88 Å². The normalized spacial score (nSPS) is 10.3. The lowest BCUT2D eigenvalue weighted by Crippen LogP contribution is -2.00. The Bertz CT molecular complexity index is 783. The van der Waals surface area contributed by atoms with E-state index in [-0.39, 0.29) is 0 Å². The van der Waals surface area contributed by atoms with Gasteiger partial charge in [-0.2, -0.15) is 10.2 Å². The molecule has 2 aromatic heterocycles. The van der Waals surface area contributed by atoms with Crippen molar-refractivity contribution in [3.8, 4) is 17.8 Å². The first-order valence-electron chi connectivity index (χ1n) is 5.85. The second kappa shape index (κ2) is 4.46. The molecule has 0 N–H and O–H groups in total. The highest BCUT2D eigenvalue weighted by molar-refractivity contribution is 5.84. The Balaban J connectivity index is 2.31. The van der Waals surface area contributed by atoms with E-state index in [0.29, 0.717) is 17.4 Å². The molecule has 0 unspecified atom stereocenters. The molecule has 3 rings (SSSR count). The minimum atomic E-state index is 0.527. The first kappa shape index (κ1) is 11.3. The molecule has 0 saturated heterocycles. The third kappa shape index (κ3) is 1.81. The minimum absolute atomic E-state index is 0.527. The molecule has 19 heavy (non-hydrogen) atoms. The van der Waals surface area contributed by atoms with Crippen LogP contribution in [0, 0.1) is 11.3 Å². The Morgan fingerprint density at radius 2 is 2.00 bits per heavy atom. The zero-order valence-corrected chi connectivity index (χ0v) is 10.4. The number of para-hydroxylation sites is 1. The molecule has 3 aromatic rings. The molecule has 0 aliphatic rings. The van der Waals surface area contributed by atoms with Crippen molar-refractivity contribution in [2.75, 3.05) is 7.11 Å². The van der Waals surface area contributed by atoms with E-state index in [9.17, 15) is 5.26 Å². The standard InChI is InChI=1S/C15H11N3O/c1-19-15-8-4-7-14(17-15)18-12(10-16)9-11-5-2-3-6-13(11)18/h2-9H,1H3. The van der Waals surface area contributed by atoms with Crippen molar-refractivity contribution < 1.29 is 4.74 Å². The van der Waals surface area contributed by atoms with E-state index < -0.39 is 0 Å². The predicted octanol–water partition coefficient (Wildman–Crippen LogP) is 2.91. The Morgan fingerprint density at radius 3 is 2.79 bits per heavy atom. The van der Waals surface area contributed by atoms with Crippen molar-refractivity contribution in [2.24, 2.45) is 0 Å². The molecule has 4 nitrogen and oxygen atoms in total. The summed E-state index contributed by atoms with van der Waals surface area (Å²) in [6, 6.07) is 17.4. The van der Waals surface area contributed by atoms with Crippen LogP contribution < -0.4 is 4.74 Å². The SMILES string of the molecule is COc1cccc(-n2c(C#N)cc3ccccc32)n1. The van der Waals surface area contributed by atoms with Crippen LogP contribution in [-0.2, 0) is 0 Å². The predicted molar refractivity (Wildman–Crippen MR) is 72.3 cm³/mol. The van der Waals surface area contributed by atoms with Crippen LogP contribution in [0.4, 0.5) is 0 Å². The van der Waals surface area contributed by atoms with Gasteiger partial charge >= 0.3 is 0 Å². The minimum Gasteiger partial charge on any atom is -0.481 e. The topological polar surface area (TPSA) is 50.8 Å². The maximum Gasteiger partial charge on any atom is 0.214 e. The smallest absolute Gasteiger partial charge is 0.214 e. The van der Waals surface area contributed by atoms with E-state index in [1.807, 2.05) is 47.0 Å². The summed E-state index contributed by atoms with van der Waals surface area (Å²) >= 11 is 0. The van der Waals surface area contributed by atoms with Gasteiger partial charge in [0, 0.05) is 11.5 Å². The average molecular weight is 249 g/mol. The maximum absolute atomic E-state index is 9.28. The number of hydrogen-bond donors (Lipinski definition) is 0. The summed E-state index contributed by atoms with van der Waals surface area (Å²) in [4.78, 5) is 4.38. The number of benzene rings is 1. The summed E-state index contributed by atoms with van der Waals surface area (Å²) in [5.74, 6) is 1.20. The fourth-order valence-electron chi connectivity index (χ4n) is 2.13. The molecular weight excluding hydrogens is 238 g/mol. The second-order valence-corrected chi connectivity index (χ2v) is 4.07. The highest BCUT2D eigenvalue weighted by atomic mass is 16.5. The van der Waals surface area contributed by atoms with E-state index >= 15 is 0 Å². The molecular formula is C15H11N3O. The number of rotatable bonds is 2. The Morgan fingerprint density at radius 1 is 1.16 bits per heavy atom. The Labute approximate surface area is 110 Å². The van der Waals surface area contributed by atoms with Gasteiger partial charge in [0.25, 0.3) is 0 Å². The first-order valence-corrected chi connectivity index (χ1v) is 5.85. The van der Waals surface area contributed by atoms with Gasteiger partial charge < -0.3 is 4.74 Å². The molecule has 0 aliphatic carbocycles. The molecule has 0 radical (unpaired) electrons. The number of hydrogen-bond acceptors (Lipinski definition) is 3. The van der Waals surface area contributed by atoms with Gasteiger partial charge in [0.15, 0.2) is 0 Å². The number of methoxy groups -OCH3 is 1. The number of aromatic nitrogens is 2. The van der Waals surface area contributed by atoms with E-state index in [1.54, 1.807) is 13.2 Å². The molecule has 0 fully saturated rings. The molecule has 0 atom stereocenters. The summed E-state index contributed by atoms with van der Waals surface area (Å²) in [6.45, 7) is 0. The molecule has 0 amide bonds. The Kier molecular flexibility index (Phi) is 2.66. The third-order valence-electron chi connectivity index (χ3n) is 2.97. The van der Waals surface area contributed by atoms with Gasteiger partial charge in [-0.25, -0.2) is 0 Å². The van der Waals surface area contributed by atoms with Crippen molar-refractivity contribution in [1.82, 2.24) is 9.55 Å². The largest absolute Gasteiger partial charge is 0.481 e. The van der Waals surface area contributed by atoms with E-state index in [4.69, 9.17) is 4.74 Å². The number of nitrogens with zero attached hydrogens (tertiary/aromatic N) is 3. The molecule has 0 bridgehead atoms. The summed E-state index contributed by atoms with van der Waals surface area (Å²) in [5.41, 5.74) is 1.52. The van der Waals surface area contributed by atoms with Crippen molar-refractivity contribution in [2.45, 2.75) is 0 Å². The van der Waals surface area contributed by atoms with Crippen molar-refractivity contribution in [3.05, 3.63) is 54.2 Å². The molecule has 1 aromatic carbocycles. The lowest BCUT2D eigenvalue weighted by molar-refractivity contribution is 0.397. The van der Waals surface area contributed by atoms with Gasteiger partial charge in [-0.1, -0.05) is 24.3 Å². The quantitative estimate of drug-likeness (QED) is 0.701. The summed E-state index contributed by atoms with van der Waals surface area (Å²) < 4.78 is 6.96. The zero-order chi connectivity index (χ0) is 13.2. The fraction of sp³-hybridized carbons (Fsp3) is 0.0667. The van der Waals surface area contributed by atoms with Crippen molar-refractivity contribution in [1.29, 1.82) is 5.26 Å². The van der Waals surface area contributed by atoms with Gasteiger partial charge in [-0.3, -0.25) is 4.57 Å². The lowest BCUT2D eigenvalue weighted by atomic mass is 10.2. The van der Waals surface area contributed by atoms with Crippen LogP contribution >= 0.6 is 0 Å². The molecule has 2 heterocycles. The second-order valence-electron chi connectivity index (χ2n) is 4.07. The van der Waals surface area contributed by atoms with E-state index in [1.165, 1.54) is 0 Å². The summed E-state index contributed by atoms with van der Waals surface area (Å²) in [5, 5.41) is 10.3. The van der Waals surface area contributed by atoms with Gasteiger partial charge in [0.05, 0.1) is 12.6 Å². The number of nitriles is 1. The fourth-order valence-corrected chi connectivity index (χ4v) is 2.13. The highest BCUT2D eigenvalue weighted by Crippen LogP contribution is 2.23. The zero-order valence-electron chi connectivity index (χ0n) is 10.4. The number of ether oxygens (including phenoxy) is 1. The van der Waals surface area contributed by atoms with Gasteiger partial charge in [-0.15, -0.1) is 0 Å². The van der Waals surface area contributed by atoms with Gasteiger partial charge in [0.1, 0.15) is 17.6 Å². The van der Waals surface area contributed by atoms with E-state index in [0.717, 1.165) is 10.9 Å². The van der Waals surface area contributed by atoms with Crippen LogP contribution in [0.3, 0.4) is 0 Å². The molecule has 0 saturated carbocycles. The van der Waals surface area contributed by atoms with Crippen LogP contribution in [0.2, 0.25) is 0 Å². The Hall–Kier alpha value is -2.80. The van der Waals surface area contributed by atoms with Crippen LogP contribution in [-0.4, -0.2) is 16.7 Å². The number of pyridine rings is 1. The van der Waals surface area contributed by atoms with Crippen LogP contribution in [0.15, 0.2) is 48.5 Å². The third-order valence-corrected chi connectivity index (χ3v) is 2.97. The monoisotopic (exact) mass is 249 g/mol. The van der Waals surface area contributed by atoms with E-state index in [2.05, 4.69) is 11.1 Å². The molecule has 92 valence electrons.